The van der Waals surface area contributed by atoms with Gasteiger partial charge in [0.1, 0.15) is 0 Å². The van der Waals surface area contributed by atoms with Crippen LogP contribution in [0.2, 0.25) is 0 Å². The number of ether oxygens (including phenoxy) is 1. The first kappa shape index (κ1) is 12.7. The van der Waals surface area contributed by atoms with E-state index in [2.05, 4.69) is 29.2 Å². The number of benzene rings is 1. The van der Waals surface area contributed by atoms with Crippen LogP contribution in [0.1, 0.15) is 31.2 Å². The summed E-state index contributed by atoms with van der Waals surface area (Å²) in [4.78, 5) is 2.51. The van der Waals surface area contributed by atoms with Crippen LogP contribution >= 0.6 is 0 Å². The maximum Gasteiger partial charge on any atom is 0.0584 e. The number of hydrogen-bond acceptors (Lipinski definition) is 3. The number of rotatable bonds is 3. The number of anilines is 1. The van der Waals surface area contributed by atoms with Crippen molar-refractivity contribution in [3.05, 3.63) is 29.8 Å². The quantitative estimate of drug-likeness (QED) is 0.917. The van der Waals surface area contributed by atoms with E-state index in [1.54, 1.807) is 5.56 Å². The maximum atomic E-state index is 9.70. The molecule has 0 atom stereocenters. The molecule has 3 heteroatoms. The van der Waals surface area contributed by atoms with Crippen LogP contribution in [0, 0.1) is 5.41 Å². The lowest BCUT2D eigenvalue weighted by Crippen LogP contribution is -2.53. The molecule has 1 saturated carbocycles. The van der Waals surface area contributed by atoms with E-state index in [4.69, 9.17) is 4.74 Å². The Morgan fingerprint density at radius 2 is 1.90 bits per heavy atom. The van der Waals surface area contributed by atoms with Gasteiger partial charge < -0.3 is 14.7 Å². The molecule has 0 aromatic heterocycles. The van der Waals surface area contributed by atoms with Crippen LogP contribution in [0.3, 0.4) is 0 Å². The Balaban J connectivity index is 1.65. The van der Waals surface area contributed by atoms with Gasteiger partial charge in [0.25, 0.3) is 0 Å². The van der Waals surface area contributed by atoms with E-state index in [0.29, 0.717) is 18.6 Å². The molecule has 0 unspecified atom stereocenters. The SMILES string of the molecule is OCC1(CN2CC3(CCCC3)c3ccccc32)COC1. The van der Waals surface area contributed by atoms with Crippen molar-refractivity contribution in [3.63, 3.8) is 0 Å². The molecule has 1 aromatic carbocycles. The van der Waals surface area contributed by atoms with Crippen LogP contribution in [-0.4, -0.2) is 38.0 Å². The highest BCUT2D eigenvalue weighted by Crippen LogP contribution is 2.51. The monoisotopic (exact) mass is 273 g/mol. The molecule has 3 nitrogen and oxygen atoms in total. The van der Waals surface area contributed by atoms with Gasteiger partial charge in [-0.1, -0.05) is 31.0 Å². The van der Waals surface area contributed by atoms with Crippen LogP contribution in [0.5, 0.6) is 0 Å². The number of hydrogen-bond donors (Lipinski definition) is 1. The summed E-state index contributed by atoms with van der Waals surface area (Å²) in [7, 11) is 0. The molecule has 1 aromatic rings. The van der Waals surface area contributed by atoms with Gasteiger partial charge in [0.15, 0.2) is 0 Å². The van der Waals surface area contributed by atoms with E-state index in [1.807, 2.05) is 0 Å². The largest absolute Gasteiger partial charge is 0.396 e. The number of para-hydroxylation sites is 1. The molecule has 1 N–H and O–H groups in total. The molecule has 0 radical (unpaired) electrons. The van der Waals surface area contributed by atoms with E-state index < -0.39 is 0 Å². The first-order valence-corrected chi connectivity index (χ1v) is 7.80. The zero-order chi connectivity index (χ0) is 13.6. The third-order valence-electron chi connectivity index (χ3n) is 5.55. The van der Waals surface area contributed by atoms with E-state index in [-0.39, 0.29) is 12.0 Å². The van der Waals surface area contributed by atoms with Crippen molar-refractivity contribution in [2.75, 3.05) is 37.8 Å². The predicted molar refractivity (Wildman–Crippen MR) is 79.1 cm³/mol. The van der Waals surface area contributed by atoms with Gasteiger partial charge >= 0.3 is 0 Å². The summed E-state index contributed by atoms with van der Waals surface area (Å²) in [6.45, 7) is 3.71. The molecule has 2 aliphatic heterocycles. The zero-order valence-corrected chi connectivity index (χ0v) is 12.0. The number of aliphatic hydroxyl groups excluding tert-OH is 1. The molecule has 1 spiro atoms. The van der Waals surface area contributed by atoms with Crippen LogP contribution in [0.4, 0.5) is 5.69 Å². The Morgan fingerprint density at radius 3 is 2.55 bits per heavy atom. The highest BCUT2D eigenvalue weighted by molar-refractivity contribution is 5.63. The Kier molecular flexibility index (Phi) is 2.83. The van der Waals surface area contributed by atoms with Crippen molar-refractivity contribution in [2.45, 2.75) is 31.1 Å². The topological polar surface area (TPSA) is 32.7 Å². The van der Waals surface area contributed by atoms with Crippen LogP contribution in [-0.2, 0) is 10.2 Å². The molecule has 2 heterocycles. The lowest BCUT2D eigenvalue weighted by molar-refractivity contribution is -0.131. The Bertz CT molecular complexity index is 496. The summed E-state index contributed by atoms with van der Waals surface area (Å²) in [5.41, 5.74) is 3.30. The minimum atomic E-state index is -0.0305. The van der Waals surface area contributed by atoms with Gasteiger partial charge in [0, 0.05) is 24.2 Å². The van der Waals surface area contributed by atoms with Crippen molar-refractivity contribution in [1.29, 1.82) is 0 Å². The third-order valence-corrected chi connectivity index (χ3v) is 5.55. The van der Waals surface area contributed by atoms with E-state index in [9.17, 15) is 5.11 Å². The smallest absolute Gasteiger partial charge is 0.0584 e. The number of nitrogens with zero attached hydrogens (tertiary/aromatic N) is 1. The number of fused-ring (bicyclic) bond motifs is 2. The van der Waals surface area contributed by atoms with Gasteiger partial charge in [-0.15, -0.1) is 0 Å². The van der Waals surface area contributed by atoms with Crippen molar-refractivity contribution in [1.82, 2.24) is 0 Å². The summed E-state index contributed by atoms with van der Waals surface area (Å²) < 4.78 is 5.36. The second kappa shape index (κ2) is 4.47. The molecule has 4 rings (SSSR count). The molecule has 0 amide bonds. The van der Waals surface area contributed by atoms with E-state index >= 15 is 0 Å². The average Bonchev–Trinajstić information content (AvgIpc) is 3.02. The second-order valence-electron chi connectivity index (χ2n) is 7.01. The molecule has 1 saturated heterocycles. The summed E-state index contributed by atoms with van der Waals surface area (Å²) >= 11 is 0. The highest BCUT2D eigenvalue weighted by atomic mass is 16.5. The molecule has 2 fully saturated rings. The predicted octanol–water partition coefficient (Wildman–Crippen LogP) is 2.33. The van der Waals surface area contributed by atoms with E-state index in [0.717, 1.165) is 13.1 Å². The molecule has 1 aliphatic carbocycles. The zero-order valence-electron chi connectivity index (χ0n) is 12.0. The van der Waals surface area contributed by atoms with Crippen molar-refractivity contribution >= 4 is 5.69 Å². The molecule has 108 valence electrons. The lowest BCUT2D eigenvalue weighted by atomic mass is 9.81. The summed E-state index contributed by atoms with van der Waals surface area (Å²) in [5.74, 6) is 0. The molecule has 3 aliphatic rings. The fourth-order valence-corrected chi connectivity index (χ4v) is 4.38. The van der Waals surface area contributed by atoms with Gasteiger partial charge in [-0.2, -0.15) is 0 Å². The van der Waals surface area contributed by atoms with Crippen LogP contribution < -0.4 is 4.90 Å². The van der Waals surface area contributed by atoms with Crippen molar-refractivity contribution in [2.24, 2.45) is 5.41 Å². The van der Waals surface area contributed by atoms with Gasteiger partial charge in [0.2, 0.25) is 0 Å². The maximum absolute atomic E-state index is 9.70. The molecular weight excluding hydrogens is 250 g/mol. The lowest BCUT2D eigenvalue weighted by Gasteiger charge is -2.43. The third kappa shape index (κ3) is 1.73. The number of aliphatic hydroxyl groups is 1. The first-order valence-electron chi connectivity index (χ1n) is 7.80. The van der Waals surface area contributed by atoms with Crippen LogP contribution in [0.25, 0.3) is 0 Å². The Labute approximate surface area is 120 Å². The van der Waals surface area contributed by atoms with E-state index in [1.165, 1.54) is 31.4 Å². The summed E-state index contributed by atoms with van der Waals surface area (Å²) in [5, 5.41) is 9.70. The standard InChI is InChI=1S/C17H23NO2/c19-11-16(12-20-13-16)9-18-10-17(7-3-4-8-17)14-5-1-2-6-15(14)18/h1-2,5-6,19H,3-4,7-13H2. The second-order valence-corrected chi connectivity index (χ2v) is 7.01. The Hall–Kier alpha value is -1.06. The first-order chi connectivity index (χ1) is 9.77. The fourth-order valence-electron chi connectivity index (χ4n) is 4.38. The van der Waals surface area contributed by atoms with Crippen molar-refractivity contribution < 1.29 is 9.84 Å². The van der Waals surface area contributed by atoms with Crippen molar-refractivity contribution in [3.8, 4) is 0 Å². The van der Waals surface area contributed by atoms with Crippen LogP contribution in [0.15, 0.2) is 24.3 Å². The Morgan fingerprint density at radius 1 is 1.15 bits per heavy atom. The van der Waals surface area contributed by atoms with Gasteiger partial charge in [-0.3, -0.25) is 0 Å². The average molecular weight is 273 g/mol. The fraction of sp³-hybridized carbons (Fsp3) is 0.647. The normalized spacial score (nSPS) is 25.8. The minimum absolute atomic E-state index is 0.0305. The molecule has 0 bridgehead atoms. The van der Waals surface area contributed by atoms with Gasteiger partial charge in [0.05, 0.1) is 25.2 Å². The summed E-state index contributed by atoms with van der Waals surface area (Å²) in [6, 6.07) is 8.90. The summed E-state index contributed by atoms with van der Waals surface area (Å²) in [6.07, 6.45) is 5.36. The highest BCUT2D eigenvalue weighted by Gasteiger charge is 2.47. The van der Waals surface area contributed by atoms with Gasteiger partial charge in [-0.05, 0) is 24.5 Å². The van der Waals surface area contributed by atoms with Gasteiger partial charge in [-0.25, -0.2) is 0 Å². The minimum Gasteiger partial charge on any atom is -0.396 e. The molecule has 20 heavy (non-hydrogen) atoms. The molecular formula is C17H23NO2.